The highest BCUT2D eigenvalue weighted by molar-refractivity contribution is 8.03. The van der Waals surface area contributed by atoms with Crippen molar-refractivity contribution in [1.82, 2.24) is 0 Å². The molecule has 0 aliphatic heterocycles. The Labute approximate surface area is 124 Å². The van der Waals surface area contributed by atoms with E-state index >= 15 is 0 Å². The van der Waals surface area contributed by atoms with Crippen LogP contribution in [0, 0.1) is 0 Å². The van der Waals surface area contributed by atoms with Gasteiger partial charge in [-0.1, -0.05) is 85.2 Å². The third kappa shape index (κ3) is 4.15. The Morgan fingerprint density at radius 1 is 0.947 bits per heavy atom. The minimum Gasteiger partial charge on any atom is -0.0930 e. The molecule has 0 unspecified atom stereocenters. The Hall–Kier alpha value is -1.18. The maximum absolute atomic E-state index is 6.56. The van der Waals surface area contributed by atoms with Crippen LogP contribution in [0.15, 0.2) is 70.5 Å². The van der Waals surface area contributed by atoms with Crippen LogP contribution >= 0.6 is 23.4 Å². The first kappa shape index (κ1) is 14.2. The van der Waals surface area contributed by atoms with Gasteiger partial charge in [-0.05, 0) is 24.1 Å². The molecule has 2 rings (SSSR count). The van der Waals surface area contributed by atoms with Gasteiger partial charge in [0.2, 0.25) is 0 Å². The van der Waals surface area contributed by atoms with Gasteiger partial charge in [-0.15, -0.1) is 0 Å². The molecule has 2 aromatic rings. The first-order chi connectivity index (χ1) is 9.31. The molecule has 0 amide bonds. The lowest BCUT2D eigenvalue weighted by molar-refractivity contribution is 0.950. The van der Waals surface area contributed by atoms with Gasteiger partial charge in [-0.2, -0.15) is 0 Å². The molecular weight excluding hydrogens is 272 g/mol. The lowest BCUT2D eigenvalue weighted by atomic mass is 10.2. The largest absolute Gasteiger partial charge is 0.0930 e. The fourth-order valence-corrected chi connectivity index (χ4v) is 3.24. The number of allylic oxidation sites excluding steroid dienone is 1. The molecular formula is C17H17ClS. The molecule has 98 valence electrons. The fraction of sp³-hybridized carbons (Fsp3) is 0.176. The van der Waals surface area contributed by atoms with Crippen LogP contribution in [-0.2, 0) is 0 Å². The lowest BCUT2D eigenvalue weighted by Gasteiger charge is -2.10. The predicted molar refractivity (Wildman–Crippen MR) is 86.4 cm³/mol. The second kappa shape index (κ2) is 7.42. The number of rotatable bonds is 5. The van der Waals surface area contributed by atoms with Crippen LogP contribution in [0.25, 0.3) is 5.03 Å². The van der Waals surface area contributed by atoms with Crippen LogP contribution in [0.1, 0.15) is 25.3 Å². The van der Waals surface area contributed by atoms with Gasteiger partial charge in [-0.25, -0.2) is 0 Å². The summed E-state index contributed by atoms with van der Waals surface area (Å²) in [5.41, 5.74) is 1.09. The van der Waals surface area contributed by atoms with Crippen LogP contribution in [0.2, 0.25) is 0 Å². The van der Waals surface area contributed by atoms with Crippen molar-refractivity contribution in [2.45, 2.75) is 24.7 Å². The molecule has 2 heteroatoms. The second-order valence-corrected chi connectivity index (χ2v) is 5.81. The fourth-order valence-electron chi connectivity index (χ4n) is 1.81. The molecule has 2 aromatic carbocycles. The van der Waals surface area contributed by atoms with Crippen LogP contribution in [-0.4, -0.2) is 0 Å². The van der Waals surface area contributed by atoms with Gasteiger partial charge in [-0.3, -0.25) is 0 Å². The van der Waals surface area contributed by atoms with Crippen molar-refractivity contribution in [2.24, 2.45) is 0 Å². The Balaban J connectivity index is 2.29. The van der Waals surface area contributed by atoms with Gasteiger partial charge in [0.25, 0.3) is 0 Å². The van der Waals surface area contributed by atoms with Gasteiger partial charge >= 0.3 is 0 Å². The second-order valence-electron chi connectivity index (χ2n) is 4.27. The number of hydrogen-bond acceptors (Lipinski definition) is 1. The van der Waals surface area contributed by atoms with Crippen LogP contribution in [0.4, 0.5) is 0 Å². The SMILES string of the molecule is CCC/C(Sc1ccccc1)=C(/Cl)c1ccccc1. The van der Waals surface area contributed by atoms with E-state index in [1.54, 1.807) is 11.8 Å². The monoisotopic (exact) mass is 288 g/mol. The zero-order chi connectivity index (χ0) is 13.5. The average molecular weight is 289 g/mol. The summed E-state index contributed by atoms with van der Waals surface area (Å²) in [6.45, 7) is 2.18. The molecule has 0 heterocycles. The first-order valence-corrected chi connectivity index (χ1v) is 7.67. The zero-order valence-corrected chi connectivity index (χ0v) is 12.5. The molecule has 0 radical (unpaired) electrons. The van der Waals surface area contributed by atoms with E-state index in [0.717, 1.165) is 23.4 Å². The highest BCUT2D eigenvalue weighted by atomic mass is 35.5. The van der Waals surface area contributed by atoms with Gasteiger partial charge < -0.3 is 0 Å². The molecule has 0 N–H and O–H groups in total. The maximum Gasteiger partial charge on any atom is 0.0576 e. The van der Waals surface area contributed by atoms with E-state index in [0.29, 0.717) is 0 Å². The van der Waals surface area contributed by atoms with Crippen molar-refractivity contribution in [3.8, 4) is 0 Å². The summed E-state index contributed by atoms with van der Waals surface area (Å²) in [6.07, 6.45) is 2.10. The summed E-state index contributed by atoms with van der Waals surface area (Å²) in [5, 5.41) is 0.872. The summed E-state index contributed by atoms with van der Waals surface area (Å²) >= 11 is 8.32. The molecule has 0 saturated heterocycles. The van der Waals surface area contributed by atoms with Crippen LogP contribution < -0.4 is 0 Å². The van der Waals surface area contributed by atoms with Crippen molar-refractivity contribution in [3.63, 3.8) is 0 Å². The molecule has 0 spiro atoms. The number of halogens is 1. The number of thioether (sulfide) groups is 1. The summed E-state index contributed by atoms with van der Waals surface area (Å²) in [7, 11) is 0. The van der Waals surface area contributed by atoms with E-state index < -0.39 is 0 Å². The molecule has 0 aliphatic rings. The summed E-state index contributed by atoms with van der Waals surface area (Å²) in [4.78, 5) is 2.47. The van der Waals surface area contributed by atoms with E-state index in [9.17, 15) is 0 Å². The molecule has 0 nitrogen and oxygen atoms in total. The smallest absolute Gasteiger partial charge is 0.0576 e. The molecule has 0 aliphatic carbocycles. The molecule has 19 heavy (non-hydrogen) atoms. The normalized spacial score (nSPS) is 12.1. The molecule has 0 fully saturated rings. The van der Waals surface area contributed by atoms with E-state index in [2.05, 4.69) is 43.3 Å². The van der Waals surface area contributed by atoms with E-state index in [1.165, 1.54) is 9.80 Å². The third-order valence-electron chi connectivity index (χ3n) is 2.73. The first-order valence-electron chi connectivity index (χ1n) is 6.48. The molecule has 0 atom stereocenters. The van der Waals surface area contributed by atoms with Crippen molar-refractivity contribution in [2.75, 3.05) is 0 Å². The summed E-state index contributed by atoms with van der Waals surface area (Å²) in [6, 6.07) is 20.6. The summed E-state index contributed by atoms with van der Waals surface area (Å²) in [5.74, 6) is 0. The Morgan fingerprint density at radius 2 is 1.53 bits per heavy atom. The molecule has 0 saturated carbocycles. The highest BCUT2D eigenvalue weighted by Gasteiger charge is 2.08. The predicted octanol–water partition coefficient (Wildman–Crippen LogP) is 6.19. The van der Waals surface area contributed by atoms with Crippen LogP contribution in [0.3, 0.4) is 0 Å². The molecule has 0 aromatic heterocycles. The van der Waals surface area contributed by atoms with Crippen molar-refractivity contribution in [1.29, 1.82) is 0 Å². The Morgan fingerprint density at radius 3 is 2.11 bits per heavy atom. The lowest BCUT2D eigenvalue weighted by Crippen LogP contribution is -1.84. The Bertz CT molecular complexity index is 532. The zero-order valence-electron chi connectivity index (χ0n) is 11.0. The van der Waals surface area contributed by atoms with Gasteiger partial charge in [0.15, 0.2) is 0 Å². The standard InChI is InChI=1S/C17H17ClS/c1-2-9-16(19-15-12-7-4-8-13-15)17(18)14-10-5-3-6-11-14/h3-8,10-13H,2,9H2,1H3/b17-16-. The van der Waals surface area contributed by atoms with Gasteiger partial charge in [0.1, 0.15) is 0 Å². The van der Waals surface area contributed by atoms with E-state index in [4.69, 9.17) is 11.6 Å². The van der Waals surface area contributed by atoms with Gasteiger partial charge in [0.05, 0.1) is 5.03 Å². The number of benzene rings is 2. The Kier molecular flexibility index (Phi) is 5.56. The quantitative estimate of drug-likeness (QED) is 0.591. The van der Waals surface area contributed by atoms with Crippen molar-refractivity contribution < 1.29 is 0 Å². The van der Waals surface area contributed by atoms with Crippen molar-refractivity contribution >= 4 is 28.4 Å². The average Bonchev–Trinajstić information content (AvgIpc) is 2.48. The minimum absolute atomic E-state index is 0.872. The summed E-state index contributed by atoms with van der Waals surface area (Å²) < 4.78 is 0. The third-order valence-corrected chi connectivity index (χ3v) is 4.45. The minimum atomic E-state index is 0.872. The molecule has 0 bridgehead atoms. The van der Waals surface area contributed by atoms with E-state index in [-0.39, 0.29) is 0 Å². The van der Waals surface area contributed by atoms with E-state index in [1.807, 2.05) is 24.3 Å². The highest BCUT2D eigenvalue weighted by Crippen LogP contribution is 2.37. The van der Waals surface area contributed by atoms with Crippen molar-refractivity contribution in [3.05, 3.63) is 71.1 Å². The topological polar surface area (TPSA) is 0 Å². The van der Waals surface area contributed by atoms with Crippen LogP contribution in [0.5, 0.6) is 0 Å². The van der Waals surface area contributed by atoms with Gasteiger partial charge in [0, 0.05) is 9.80 Å². The number of hydrogen-bond donors (Lipinski definition) is 0. The maximum atomic E-state index is 6.56.